The molecule has 0 aromatic heterocycles. The SMILES string of the molecule is CCC(O)(F)C([O])=O. The molecule has 0 saturated heterocycles. The second kappa shape index (κ2) is 2.09. The van der Waals surface area contributed by atoms with Gasteiger partial charge in [0, 0.05) is 6.42 Å². The zero-order valence-electron chi connectivity index (χ0n) is 4.35. The number of halogens is 1. The van der Waals surface area contributed by atoms with Crippen LogP contribution >= 0.6 is 0 Å². The van der Waals surface area contributed by atoms with Crippen LogP contribution in [0, 0.1) is 0 Å². The Morgan fingerprint density at radius 1 is 1.88 bits per heavy atom. The molecule has 0 fully saturated rings. The van der Waals surface area contributed by atoms with E-state index in [-0.39, 0.29) is 0 Å². The van der Waals surface area contributed by atoms with Gasteiger partial charge in [0.2, 0.25) is 0 Å². The zero-order valence-corrected chi connectivity index (χ0v) is 4.35. The van der Waals surface area contributed by atoms with Gasteiger partial charge >= 0.3 is 11.8 Å². The zero-order chi connectivity index (χ0) is 6.78. The van der Waals surface area contributed by atoms with Crippen LogP contribution in [-0.4, -0.2) is 16.9 Å². The molecule has 0 heterocycles. The third-order valence-corrected chi connectivity index (χ3v) is 0.781. The van der Waals surface area contributed by atoms with Crippen LogP contribution in [-0.2, 0) is 9.90 Å². The Bertz CT molecular complexity index is 99.5. The lowest BCUT2D eigenvalue weighted by molar-refractivity contribution is -0.187. The molecular weight excluding hydrogens is 115 g/mol. The van der Waals surface area contributed by atoms with E-state index in [0.717, 1.165) is 0 Å². The molecule has 0 aliphatic rings. The highest BCUT2D eigenvalue weighted by atomic mass is 19.2. The third kappa shape index (κ3) is 1.46. The monoisotopic (exact) mass is 121 g/mol. The van der Waals surface area contributed by atoms with E-state index in [0.29, 0.717) is 0 Å². The van der Waals surface area contributed by atoms with Crippen LogP contribution in [0.2, 0.25) is 0 Å². The molecule has 4 heteroatoms. The van der Waals surface area contributed by atoms with Crippen molar-refractivity contribution in [2.45, 2.75) is 19.2 Å². The molecule has 0 aliphatic carbocycles. The van der Waals surface area contributed by atoms with Gasteiger partial charge in [-0.25, -0.2) is 9.90 Å². The lowest BCUT2D eigenvalue weighted by Crippen LogP contribution is -2.30. The molecule has 0 aromatic carbocycles. The van der Waals surface area contributed by atoms with Gasteiger partial charge in [-0.3, -0.25) is 0 Å². The Morgan fingerprint density at radius 3 is 2.25 bits per heavy atom. The summed E-state index contributed by atoms with van der Waals surface area (Å²) in [5, 5.41) is 17.6. The van der Waals surface area contributed by atoms with E-state index in [9.17, 15) is 14.3 Å². The van der Waals surface area contributed by atoms with E-state index in [4.69, 9.17) is 5.11 Å². The standard InChI is InChI=1S/C4H6FO3/c1-2-4(5,8)3(6)7/h8H,2H2,1H3. The Balaban J connectivity index is 3.91. The van der Waals surface area contributed by atoms with Crippen molar-refractivity contribution in [1.29, 1.82) is 0 Å². The van der Waals surface area contributed by atoms with Crippen molar-refractivity contribution in [3.63, 3.8) is 0 Å². The first-order valence-corrected chi connectivity index (χ1v) is 2.13. The molecule has 1 N–H and O–H groups in total. The van der Waals surface area contributed by atoms with Gasteiger partial charge in [-0.05, 0) is 0 Å². The minimum atomic E-state index is -3.15. The van der Waals surface area contributed by atoms with Gasteiger partial charge < -0.3 is 5.11 Å². The average molecular weight is 121 g/mol. The second-order valence-corrected chi connectivity index (χ2v) is 1.40. The number of hydrogen-bond donors (Lipinski definition) is 1. The number of aliphatic hydroxyl groups is 1. The molecule has 1 radical (unpaired) electrons. The number of hydrogen-bond acceptors (Lipinski definition) is 2. The summed E-state index contributed by atoms with van der Waals surface area (Å²) >= 11 is 0. The van der Waals surface area contributed by atoms with Crippen molar-refractivity contribution in [3.8, 4) is 0 Å². The quantitative estimate of drug-likeness (QED) is 0.559. The van der Waals surface area contributed by atoms with Gasteiger partial charge in [0.1, 0.15) is 0 Å². The number of carbonyl (C=O) groups excluding carboxylic acids is 1. The minimum absolute atomic E-state index is 0.491. The van der Waals surface area contributed by atoms with Crippen LogP contribution in [0.1, 0.15) is 13.3 Å². The van der Waals surface area contributed by atoms with Crippen LogP contribution in [0.15, 0.2) is 0 Å². The summed E-state index contributed by atoms with van der Waals surface area (Å²) in [6, 6.07) is 0. The molecule has 0 aliphatic heterocycles. The normalized spacial score (nSPS) is 17.4. The summed E-state index contributed by atoms with van der Waals surface area (Å²) in [6.45, 7) is 1.20. The van der Waals surface area contributed by atoms with Crippen molar-refractivity contribution >= 4 is 5.97 Å². The fourth-order valence-corrected chi connectivity index (χ4v) is 0.144. The second-order valence-electron chi connectivity index (χ2n) is 1.40. The highest BCUT2D eigenvalue weighted by Gasteiger charge is 2.34. The predicted molar refractivity (Wildman–Crippen MR) is 22.0 cm³/mol. The van der Waals surface area contributed by atoms with Gasteiger partial charge in [-0.2, -0.15) is 4.39 Å². The highest BCUT2D eigenvalue weighted by molar-refractivity contribution is 5.74. The molecule has 1 unspecified atom stereocenters. The molecule has 8 heavy (non-hydrogen) atoms. The van der Waals surface area contributed by atoms with Gasteiger partial charge in [0.15, 0.2) is 0 Å². The molecule has 3 nitrogen and oxygen atoms in total. The van der Waals surface area contributed by atoms with Gasteiger partial charge in [-0.15, -0.1) is 0 Å². The smallest absolute Gasteiger partial charge is 0.353 e. The van der Waals surface area contributed by atoms with Crippen LogP contribution in [0.4, 0.5) is 4.39 Å². The van der Waals surface area contributed by atoms with Crippen molar-refractivity contribution < 1.29 is 19.4 Å². The molecule has 1 atom stereocenters. The number of alkyl halides is 1. The van der Waals surface area contributed by atoms with Crippen LogP contribution < -0.4 is 0 Å². The van der Waals surface area contributed by atoms with E-state index in [1.807, 2.05) is 0 Å². The van der Waals surface area contributed by atoms with E-state index in [1.165, 1.54) is 6.92 Å². The molecule has 0 aromatic rings. The number of rotatable bonds is 2. The molecule has 47 valence electrons. The van der Waals surface area contributed by atoms with Gasteiger partial charge in [0.25, 0.3) is 0 Å². The van der Waals surface area contributed by atoms with E-state index < -0.39 is 18.2 Å². The molecular formula is C4H6FO3. The molecule has 0 spiro atoms. The minimum Gasteiger partial charge on any atom is -0.353 e. The summed E-state index contributed by atoms with van der Waals surface area (Å²) in [5.41, 5.74) is 0. The van der Waals surface area contributed by atoms with E-state index in [1.54, 1.807) is 0 Å². The van der Waals surface area contributed by atoms with Crippen molar-refractivity contribution in [2.75, 3.05) is 0 Å². The summed E-state index contributed by atoms with van der Waals surface area (Å²) in [4.78, 5) is 9.52. The Labute approximate surface area is 45.7 Å². The van der Waals surface area contributed by atoms with Crippen molar-refractivity contribution in [2.24, 2.45) is 0 Å². The summed E-state index contributed by atoms with van der Waals surface area (Å²) in [5.74, 6) is -5.24. The fraction of sp³-hybridized carbons (Fsp3) is 0.750. The largest absolute Gasteiger partial charge is 0.419 e. The predicted octanol–water partition coefficient (Wildman–Crippen LogP) is 0.0116. The maximum atomic E-state index is 11.8. The van der Waals surface area contributed by atoms with Crippen molar-refractivity contribution in [3.05, 3.63) is 0 Å². The van der Waals surface area contributed by atoms with Crippen LogP contribution in [0.5, 0.6) is 0 Å². The molecule has 0 bridgehead atoms. The van der Waals surface area contributed by atoms with Crippen LogP contribution in [0.3, 0.4) is 0 Å². The van der Waals surface area contributed by atoms with Crippen LogP contribution in [0.25, 0.3) is 0 Å². The summed E-state index contributed by atoms with van der Waals surface area (Å²) < 4.78 is 11.8. The Morgan fingerprint density at radius 2 is 2.25 bits per heavy atom. The molecule has 0 rings (SSSR count). The molecule has 0 amide bonds. The first kappa shape index (κ1) is 7.36. The third-order valence-electron chi connectivity index (χ3n) is 0.781. The van der Waals surface area contributed by atoms with Gasteiger partial charge in [-0.1, -0.05) is 6.92 Å². The molecule has 0 saturated carbocycles. The maximum Gasteiger partial charge on any atom is 0.419 e. The highest BCUT2D eigenvalue weighted by Crippen LogP contribution is 2.10. The summed E-state index contributed by atoms with van der Waals surface area (Å²) in [6.07, 6.45) is -0.491. The van der Waals surface area contributed by atoms with Crippen molar-refractivity contribution in [1.82, 2.24) is 0 Å². The first-order valence-electron chi connectivity index (χ1n) is 2.13. The maximum absolute atomic E-state index is 11.8. The lowest BCUT2D eigenvalue weighted by atomic mass is 10.2. The first-order chi connectivity index (χ1) is 3.50. The number of carbonyl (C=O) groups is 1. The Hall–Kier alpha value is -0.640. The van der Waals surface area contributed by atoms with E-state index in [2.05, 4.69) is 0 Å². The van der Waals surface area contributed by atoms with Gasteiger partial charge in [0.05, 0.1) is 0 Å². The van der Waals surface area contributed by atoms with E-state index >= 15 is 0 Å². The lowest BCUT2D eigenvalue weighted by Gasteiger charge is -2.06. The fourth-order valence-electron chi connectivity index (χ4n) is 0.144. The topological polar surface area (TPSA) is 57.2 Å². The Kier molecular flexibility index (Phi) is 1.92. The average Bonchev–Trinajstić information content (AvgIpc) is 1.67. The summed E-state index contributed by atoms with van der Waals surface area (Å²) in [7, 11) is 0.